The molecule has 112 valence electrons. The number of nitrogens with zero attached hydrogens (tertiary/aromatic N) is 1. The first kappa shape index (κ1) is 13.4. The number of rotatable bonds is 2. The second-order valence-corrected chi connectivity index (χ2v) is 6.44. The van der Waals surface area contributed by atoms with Crippen LogP contribution in [0.3, 0.4) is 0 Å². The Labute approximate surface area is 127 Å². The third-order valence-electron chi connectivity index (χ3n) is 5.00. The van der Waals surface area contributed by atoms with Crippen molar-refractivity contribution >= 4 is 11.3 Å². The summed E-state index contributed by atoms with van der Waals surface area (Å²) in [5, 5.41) is 3.72. The van der Waals surface area contributed by atoms with Gasteiger partial charge in [-0.25, -0.2) is 0 Å². The molecule has 0 aromatic heterocycles. The molecular weight excluding hydrogens is 260 g/mol. The van der Waals surface area contributed by atoms with Gasteiger partial charge >= 0.3 is 0 Å². The van der Waals surface area contributed by atoms with Crippen LogP contribution in [0, 0.1) is 0 Å². The lowest BCUT2D eigenvalue weighted by Gasteiger charge is -2.35. The van der Waals surface area contributed by atoms with E-state index in [1.807, 2.05) is 0 Å². The Morgan fingerprint density at radius 1 is 1.05 bits per heavy atom. The quantitative estimate of drug-likeness (QED) is 0.904. The van der Waals surface area contributed by atoms with Crippen molar-refractivity contribution in [2.24, 2.45) is 0 Å². The summed E-state index contributed by atoms with van der Waals surface area (Å²) in [4.78, 5) is 2.42. The second kappa shape index (κ2) is 5.82. The second-order valence-electron chi connectivity index (χ2n) is 6.44. The fraction of sp³-hybridized carbons (Fsp3) is 0.556. The van der Waals surface area contributed by atoms with Crippen molar-refractivity contribution in [3.8, 4) is 0 Å². The number of ether oxygens (including phenoxy) is 1. The SMILES string of the molecule is C1=C(c2ccc(N3CCOCC3)cc2)CC2CCCC1N2. The zero-order chi connectivity index (χ0) is 14.1. The normalized spacial score (nSPS) is 29.1. The van der Waals surface area contributed by atoms with Gasteiger partial charge in [-0.3, -0.25) is 0 Å². The Bertz CT molecular complexity index is 517. The lowest BCUT2D eigenvalue weighted by molar-refractivity contribution is 0.122. The highest BCUT2D eigenvalue weighted by molar-refractivity contribution is 5.69. The summed E-state index contributed by atoms with van der Waals surface area (Å²) in [7, 11) is 0. The van der Waals surface area contributed by atoms with Crippen LogP contribution in [-0.4, -0.2) is 38.4 Å². The first-order valence-corrected chi connectivity index (χ1v) is 8.28. The van der Waals surface area contributed by atoms with E-state index in [9.17, 15) is 0 Å². The maximum atomic E-state index is 5.42. The Hall–Kier alpha value is -1.32. The lowest BCUT2D eigenvalue weighted by Crippen LogP contribution is -2.44. The Balaban J connectivity index is 1.52. The number of fused-ring (bicyclic) bond motifs is 2. The molecule has 2 fully saturated rings. The number of piperidine rings is 1. The molecule has 3 nitrogen and oxygen atoms in total. The molecule has 4 rings (SSSR count). The van der Waals surface area contributed by atoms with Crippen LogP contribution >= 0.6 is 0 Å². The molecular formula is C18H24N2O. The van der Waals surface area contributed by atoms with E-state index in [1.165, 1.54) is 42.5 Å². The molecule has 1 N–H and O–H groups in total. The van der Waals surface area contributed by atoms with E-state index in [4.69, 9.17) is 4.74 Å². The number of anilines is 1. The molecule has 3 aliphatic rings. The molecule has 21 heavy (non-hydrogen) atoms. The average Bonchev–Trinajstić information content (AvgIpc) is 2.55. The van der Waals surface area contributed by atoms with Gasteiger partial charge < -0.3 is 15.0 Å². The van der Waals surface area contributed by atoms with Gasteiger partial charge in [0.2, 0.25) is 0 Å². The van der Waals surface area contributed by atoms with Gasteiger partial charge in [-0.2, -0.15) is 0 Å². The lowest BCUT2D eigenvalue weighted by atomic mass is 9.85. The number of nitrogens with one attached hydrogen (secondary N) is 1. The molecule has 2 bridgehead atoms. The maximum absolute atomic E-state index is 5.42. The number of hydrogen-bond acceptors (Lipinski definition) is 3. The van der Waals surface area contributed by atoms with E-state index < -0.39 is 0 Å². The van der Waals surface area contributed by atoms with E-state index in [2.05, 4.69) is 40.6 Å². The molecule has 3 heteroatoms. The van der Waals surface area contributed by atoms with E-state index >= 15 is 0 Å². The molecule has 0 radical (unpaired) electrons. The topological polar surface area (TPSA) is 24.5 Å². The zero-order valence-corrected chi connectivity index (χ0v) is 12.6. The highest BCUT2D eigenvalue weighted by Crippen LogP contribution is 2.31. The summed E-state index contributed by atoms with van der Waals surface area (Å²) in [6.07, 6.45) is 7.65. The third-order valence-corrected chi connectivity index (χ3v) is 5.00. The number of hydrogen-bond donors (Lipinski definition) is 1. The summed E-state index contributed by atoms with van der Waals surface area (Å²) in [5.41, 5.74) is 4.28. The van der Waals surface area contributed by atoms with Crippen molar-refractivity contribution in [2.75, 3.05) is 31.2 Å². The van der Waals surface area contributed by atoms with Crippen LogP contribution in [0.25, 0.3) is 5.57 Å². The van der Waals surface area contributed by atoms with E-state index in [-0.39, 0.29) is 0 Å². The number of morpholine rings is 1. The van der Waals surface area contributed by atoms with Gasteiger partial charge in [0, 0.05) is 30.9 Å². The van der Waals surface area contributed by atoms with Crippen molar-refractivity contribution in [3.63, 3.8) is 0 Å². The fourth-order valence-corrected chi connectivity index (χ4v) is 3.84. The molecule has 2 unspecified atom stereocenters. The molecule has 3 heterocycles. The van der Waals surface area contributed by atoms with E-state index in [0.29, 0.717) is 12.1 Å². The van der Waals surface area contributed by atoms with Crippen molar-refractivity contribution in [2.45, 2.75) is 37.8 Å². The van der Waals surface area contributed by atoms with Gasteiger partial charge in [-0.05, 0) is 42.5 Å². The minimum atomic E-state index is 0.603. The minimum Gasteiger partial charge on any atom is -0.378 e. The summed E-state index contributed by atoms with van der Waals surface area (Å²) in [6.45, 7) is 3.72. The zero-order valence-electron chi connectivity index (χ0n) is 12.6. The molecule has 1 aromatic rings. The Morgan fingerprint density at radius 3 is 2.62 bits per heavy atom. The summed E-state index contributed by atoms with van der Waals surface area (Å²) in [5.74, 6) is 0. The largest absolute Gasteiger partial charge is 0.378 e. The van der Waals surface area contributed by atoms with Crippen LogP contribution in [-0.2, 0) is 4.74 Å². The molecule has 0 aliphatic carbocycles. The fourth-order valence-electron chi connectivity index (χ4n) is 3.84. The predicted molar refractivity (Wildman–Crippen MR) is 86.6 cm³/mol. The van der Waals surface area contributed by atoms with Crippen molar-refractivity contribution in [3.05, 3.63) is 35.9 Å². The number of benzene rings is 1. The summed E-state index contributed by atoms with van der Waals surface area (Å²) in [6, 6.07) is 10.5. The molecule has 1 aromatic carbocycles. The molecule has 0 amide bonds. The highest BCUT2D eigenvalue weighted by atomic mass is 16.5. The Kier molecular flexibility index (Phi) is 3.70. The van der Waals surface area contributed by atoms with Crippen LogP contribution < -0.4 is 10.2 Å². The van der Waals surface area contributed by atoms with Gasteiger partial charge in [0.05, 0.1) is 13.2 Å². The van der Waals surface area contributed by atoms with Crippen LogP contribution in [0.5, 0.6) is 0 Å². The third kappa shape index (κ3) is 2.85. The molecule has 3 aliphatic heterocycles. The predicted octanol–water partition coefficient (Wildman–Crippen LogP) is 2.82. The summed E-state index contributed by atoms with van der Waals surface area (Å²) < 4.78 is 5.42. The van der Waals surface area contributed by atoms with E-state index in [0.717, 1.165) is 26.3 Å². The van der Waals surface area contributed by atoms with Crippen molar-refractivity contribution < 1.29 is 4.74 Å². The molecule has 0 spiro atoms. The van der Waals surface area contributed by atoms with Crippen LogP contribution in [0.4, 0.5) is 5.69 Å². The van der Waals surface area contributed by atoms with Crippen LogP contribution in [0.2, 0.25) is 0 Å². The minimum absolute atomic E-state index is 0.603. The van der Waals surface area contributed by atoms with Gasteiger partial charge in [0.1, 0.15) is 0 Å². The molecule has 2 atom stereocenters. The van der Waals surface area contributed by atoms with Gasteiger partial charge in [0.25, 0.3) is 0 Å². The van der Waals surface area contributed by atoms with Gasteiger partial charge in [0.15, 0.2) is 0 Å². The monoisotopic (exact) mass is 284 g/mol. The first-order chi connectivity index (χ1) is 10.4. The van der Waals surface area contributed by atoms with Crippen molar-refractivity contribution in [1.82, 2.24) is 5.32 Å². The maximum Gasteiger partial charge on any atom is 0.0642 e. The Morgan fingerprint density at radius 2 is 1.86 bits per heavy atom. The van der Waals surface area contributed by atoms with Gasteiger partial charge in [-0.1, -0.05) is 24.6 Å². The summed E-state index contributed by atoms with van der Waals surface area (Å²) >= 11 is 0. The van der Waals surface area contributed by atoms with Crippen molar-refractivity contribution in [1.29, 1.82) is 0 Å². The van der Waals surface area contributed by atoms with E-state index in [1.54, 1.807) is 0 Å². The average molecular weight is 284 g/mol. The molecule has 2 saturated heterocycles. The first-order valence-electron chi connectivity index (χ1n) is 8.28. The van der Waals surface area contributed by atoms with Crippen LogP contribution in [0.15, 0.2) is 30.3 Å². The van der Waals surface area contributed by atoms with Gasteiger partial charge in [-0.15, -0.1) is 0 Å². The highest BCUT2D eigenvalue weighted by Gasteiger charge is 2.25. The molecule has 0 saturated carbocycles. The van der Waals surface area contributed by atoms with Crippen LogP contribution in [0.1, 0.15) is 31.2 Å². The smallest absolute Gasteiger partial charge is 0.0642 e. The standard InChI is InChI=1S/C18H24N2O/c1-2-16-12-15(13-17(3-1)19-16)14-4-6-18(7-5-14)20-8-10-21-11-9-20/h4-7,12,16-17,19H,1-3,8-11,13H2.